The lowest BCUT2D eigenvalue weighted by molar-refractivity contribution is 0.0728. The largest absolute Gasteiger partial charge is 0.390 e. The van der Waals surface area contributed by atoms with E-state index in [0.29, 0.717) is 23.5 Å². The summed E-state index contributed by atoms with van der Waals surface area (Å²) in [6.45, 7) is 5.24. The van der Waals surface area contributed by atoms with E-state index in [1.807, 2.05) is 6.92 Å². The van der Waals surface area contributed by atoms with Crippen LogP contribution < -0.4 is 10.5 Å². The van der Waals surface area contributed by atoms with Crippen LogP contribution in [0.1, 0.15) is 25.8 Å². The Hall–Kier alpha value is -2.82. The molecule has 3 rings (SSSR count). The highest BCUT2D eigenvalue weighted by Gasteiger charge is 2.19. The average molecular weight is 417 g/mol. The van der Waals surface area contributed by atoms with Gasteiger partial charge in [0.2, 0.25) is 10.0 Å². The highest BCUT2D eigenvalue weighted by atomic mass is 32.2. The zero-order chi connectivity index (χ0) is 21.2. The second-order valence-corrected chi connectivity index (χ2v) is 9.12. The van der Waals surface area contributed by atoms with Crippen molar-refractivity contribution in [1.29, 1.82) is 0 Å². The number of aromatic nitrogens is 4. The third-order valence-electron chi connectivity index (χ3n) is 4.33. The first kappa shape index (κ1) is 20.9. The maximum atomic E-state index is 12.7. The lowest BCUT2D eigenvalue weighted by Gasteiger charge is -2.17. The molecule has 0 aliphatic rings. The van der Waals surface area contributed by atoms with Crippen LogP contribution in [0.4, 0.5) is 5.82 Å². The van der Waals surface area contributed by atoms with E-state index in [1.54, 1.807) is 44.4 Å². The highest BCUT2D eigenvalue weighted by Crippen LogP contribution is 2.26. The molecule has 29 heavy (non-hydrogen) atoms. The molecule has 2 aromatic heterocycles. The molecule has 154 valence electrons. The molecule has 2 heterocycles. The van der Waals surface area contributed by atoms with E-state index in [4.69, 9.17) is 5.73 Å². The van der Waals surface area contributed by atoms with Gasteiger partial charge in [0.1, 0.15) is 0 Å². The summed E-state index contributed by atoms with van der Waals surface area (Å²) in [5.74, 6) is 0.579. The first-order chi connectivity index (χ1) is 13.6. The van der Waals surface area contributed by atoms with Crippen LogP contribution in [-0.4, -0.2) is 45.4 Å². The molecule has 0 saturated carbocycles. The number of nitrogen functional groups attached to an aromatic ring is 1. The highest BCUT2D eigenvalue weighted by molar-refractivity contribution is 7.89. The Balaban J connectivity index is 1.95. The maximum absolute atomic E-state index is 12.7. The van der Waals surface area contributed by atoms with E-state index in [-0.39, 0.29) is 17.3 Å². The Morgan fingerprint density at radius 1 is 1.31 bits per heavy atom. The fraction of sp³-hybridized carbons (Fsp3) is 0.316. The normalized spacial score (nSPS) is 12.3. The minimum absolute atomic E-state index is 0.105. The van der Waals surface area contributed by atoms with Gasteiger partial charge < -0.3 is 10.8 Å². The zero-order valence-corrected chi connectivity index (χ0v) is 17.3. The van der Waals surface area contributed by atoms with Gasteiger partial charge in [-0.3, -0.25) is 0 Å². The van der Waals surface area contributed by atoms with Gasteiger partial charge in [-0.05, 0) is 51.0 Å². The Morgan fingerprint density at radius 2 is 2.07 bits per heavy atom. The van der Waals surface area contributed by atoms with Crippen molar-refractivity contribution >= 4 is 15.8 Å². The summed E-state index contributed by atoms with van der Waals surface area (Å²) in [7, 11) is -3.74. The third kappa shape index (κ3) is 4.97. The van der Waals surface area contributed by atoms with E-state index < -0.39 is 15.6 Å². The lowest BCUT2D eigenvalue weighted by atomic mass is 10.1. The first-order valence-electron chi connectivity index (χ1n) is 9.02. The molecule has 0 saturated heterocycles. The summed E-state index contributed by atoms with van der Waals surface area (Å²) in [5, 5.41) is 13.9. The van der Waals surface area contributed by atoms with Gasteiger partial charge >= 0.3 is 0 Å². The SMILES string of the molecule is Cc1ccc(S(=O)(=O)NCCC(C)(C)O)cc1-c1cnc(N)c(-n2cccn2)n1. The van der Waals surface area contributed by atoms with E-state index >= 15 is 0 Å². The van der Waals surface area contributed by atoms with Crippen LogP contribution in [0.15, 0.2) is 47.8 Å². The van der Waals surface area contributed by atoms with Crippen LogP contribution in [0.5, 0.6) is 0 Å². The number of hydrogen-bond acceptors (Lipinski definition) is 7. The number of nitrogens with zero attached hydrogens (tertiary/aromatic N) is 4. The number of benzene rings is 1. The summed E-state index contributed by atoms with van der Waals surface area (Å²) in [4.78, 5) is 8.82. The van der Waals surface area contributed by atoms with E-state index in [9.17, 15) is 13.5 Å². The molecule has 0 unspecified atom stereocenters. The van der Waals surface area contributed by atoms with Crippen LogP contribution >= 0.6 is 0 Å². The van der Waals surface area contributed by atoms with Crippen molar-refractivity contribution in [2.45, 2.75) is 37.7 Å². The molecular weight excluding hydrogens is 392 g/mol. The van der Waals surface area contributed by atoms with Crippen LogP contribution in [-0.2, 0) is 10.0 Å². The van der Waals surface area contributed by atoms with Gasteiger partial charge in [-0.15, -0.1) is 0 Å². The standard InChI is InChI=1S/C19H24N6O3S/c1-13-5-6-14(29(27,28)23-9-7-19(2,3)26)11-15(13)16-12-21-17(20)18(24-16)25-10-4-8-22-25/h4-6,8,10-12,23,26H,7,9H2,1-3H3,(H2,20,21). The number of rotatable bonds is 7. The van der Waals surface area contributed by atoms with E-state index in [1.165, 1.54) is 16.9 Å². The fourth-order valence-corrected chi connectivity index (χ4v) is 3.76. The smallest absolute Gasteiger partial charge is 0.240 e. The molecule has 4 N–H and O–H groups in total. The van der Waals surface area contributed by atoms with Crippen molar-refractivity contribution < 1.29 is 13.5 Å². The van der Waals surface area contributed by atoms with Gasteiger partial charge in [-0.2, -0.15) is 5.10 Å². The van der Waals surface area contributed by atoms with Crippen LogP contribution in [0, 0.1) is 6.92 Å². The topological polar surface area (TPSA) is 136 Å². The van der Waals surface area contributed by atoms with Crippen molar-refractivity contribution in [3.63, 3.8) is 0 Å². The summed E-state index contributed by atoms with van der Waals surface area (Å²) < 4.78 is 29.3. The Labute approximate surface area is 169 Å². The minimum Gasteiger partial charge on any atom is -0.390 e. The molecule has 0 aliphatic heterocycles. The van der Waals surface area contributed by atoms with Gasteiger partial charge in [0.25, 0.3) is 0 Å². The third-order valence-corrected chi connectivity index (χ3v) is 5.79. The summed E-state index contributed by atoms with van der Waals surface area (Å²) in [5.41, 5.74) is 6.91. The predicted molar refractivity (Wildman–Crippen MR) is 110 cm³/mol. The molecular formula is C19H24N6O3S. The van der Waals surface area contributed by atoms with Crippen molar-refractivity contribution in [3.8, 4) is 17.1 Å². The number of hydrogen-bond donors (Lipinski definition) is 3. The van der Waals surface area contributed by atoms with E-state index in [2.05, 4.69) is 19.8 Å². The second-order valence-electron chi connectivity index (χ2n) is 7.35. The Bertz CT molecular complexity index is 1110. The Morgan fingerprint density at radius 3 is 2.72 bits per heavy atom. The van der Waals surface area contributed by atoms with Crippen molar-refractivity contribution in [2.24, 2.45) is 0 Å². The zero-order valence-electron chi connectivity index (χ0n) is 16.5. The summed E-state index contributed by atoms with van der Waals surface area (Å²) in [6.07, 6.45) is 5.10. The van der Waals surface area contributed by atoms with Crippen LogP contribution in [0.3, 0.4) is 0 Å². The number of aryl methyl sites for hydroxylation is 1. The summed E-state index contributed by atoms with van der Waals surface area (Å²) in [6, 6.07) is 6.54. The Kier molecular flexibility index (Phi) is 5.69. The van der Waals surface area contributed by atoms with Crippen molar-refractivity contribution in [2.75, 3.05) is 12.3 Å². The number of aliphatic hydroxyl groups is 1. The number of sulfonamides is 1. The van der Waals surface area contributed by atoms with E-state index in [0.717, 1.165) is 5.56 Å². The molecule has 0 fully saturated rings. The molecule has 0 amide bonds. The molecule has 3 aromatic rings. The predicted octanol–water partition coefficient (Wildman–Crippen LogP) is 1.66. The average Bonchev–Trinajstić information content (AvgIpc) is 3.15. The number of nitrogens with one attached hydrogen (secondary N) is 1. The quantitative estimate of drug-likeness (QED) is 0.533. The molecule has 1 aromatic carbocycles. The van der Waals surface area contributed by atoms with Crippen LogP contribution in [0.2, 0.25) is 0 Å². The fourth-order valence-electron chi connectivity index (χ4n) is 2.70. The minimum atomic E-state index is -3.74. The molecule has 0 spiro atoms. The number of nitrogens with two attached hydrogens (primary N) is 1. The van der Waals surface area contributed by atoms with Crippen molar-refractivity contribution in [3.05, 3.63) is 48.4 Å². The summed E-state index contributed by atoms with van der Waals surface area (Å²) >= 11 is 0. The van der Waals surface area contributed by atoms with Gasteiger partial charge in [0.05, 0.1) is 22.4 Å². The molecule has 10 heteroatoms. The maximum Gasteiger partial charge on any atom is 0.240 e. The van der Waals surface area contributed by atoms with Gasteiger partial charge in [-0.1, -0.05) is 6.07 Å². The van der Waals surface area contributed by atoms with Crippen molar-refractivity contribution in [1.82, 2.24) is 24.5 Å². The van der Waals surface area contributed by atoms with Gasteiger partial charge in [0.15, 0.2) is 11.6 Å². The molecule has 0 bridgehead atoms. The molecule has 9 nitrogen and oxygen atoms in total. The van der Waals surface area contributed by atoms with Crippen LogP contribution in [0.25, 0.3) is 17.1 Å². The monoisotopic (exact) mass is 416 g/mol. The van der Waals surface area contributed by atoms with Gasteiger partial charge in [-0.25, -0.2) is 27.8 Å². The molecule has 0 aliphatic carbocycles. The first-order valence-corrected chi connectivity index (χ1v) is 10.5. The molecule has 0 atom stereocenters. The molecule has 0 radical (unpaired) electrons. The lowest BCUT2D eigenvalue weighted by Crippen LogP contribution is -2.30. The second kappa shape index (κ2) is 7.90. The van der Waals surface area contributed by atoms with Gasteiger partial charge in [0, 0.05) is 24.5 Å². The number of anilines is 1.